The molecular weight excluding hydrogens is 279 g/mol. The maximum absolute atomic E-state index is 12.7. The standard InChI is InChI=1S/C18H21FN2O/c19-16-8-10-17(11-9-16)20-14-12-18(22)21-13-4-7-15-5-2-1-3-6-15/h1-3,5-6,8-11,20H,4,7,12-14H2,(H,21,22). The molecule has 0 spiro atoms. The fourth-order valence-electron chi connectivity index (χ4n) is 2.14. The van der Waals surface area contributed by atoms with E-state index < -0.39 is 0 Å². The quantitative estimate of drug-likeness (QED) is 0.734. The molecule has 0 saturated carbocycles. The van der Waals surface area contributed by atoms with Crippen LogP contribution in [0.4, 0.5) is 10.1 Å². The molecule has 0 unspecified atom stereocenters. The summed E-state index contributed by atoms with van der Waals surface area (Å²) >= 11 is 0. The van der Waals surface area contributed by atoms with E-state index in [9.17, 15) is 9.18 Å². The van der Waals surface area contributed by atoms with E-state index in [0.717, 1.165) is 18.5 Å². The predicted octanol–water partition coefficient (Wildman–Crippen LogP) is 3.38. The lowest BCUT2D eigenvalue weighted by Crippen LogP contribution is -2.26. The molecule has 0 bridgehead atoms. The van der Waals surface area contributed by atoms with Crippen molar-refractivity contribution in [2.75, 3.05) is 18.4 Å². The minimum atomic E-state index is -0.262. The molecule has 0 aromatic heterocycles. The van der Waals surface area contributed by atoms with E-state index in [-0.39, 0.29) is 11.7 Å². The van der Waals surface area contributed by atoms with Crippen LogP contribution in [0.3, 0.4) is 0 Å². The number of hydrogen-bond donors (Lipinski definition) is 2. The van der Waals surface area contributed by atoms with Crippen LogP contribution in [-0.2, 0) is 11.2 Å². The number of carbonyl (C=O) groups excluding carboxylic acids is 1. The van der Waals surface area contributed by atoms with Crippen LogP contribution < -0.4 is 10.6 Å². The first-order chi connectivity index (χ1) is 10.7. The van der Waals surface area contributed by atoms with Gasteiger partial charge in [-0.05, 0) is 42.7 Å². The van der Waals surface area contributed by atoms with Crippen molar-refractivity contribution in [3.63, 3.8) is 0 Å². The first kappa shape index (κ1) is 16.0. The zero-order valence-electron chi connectivity index (χ0n) is 12.5. The second-order valence-electron chi connectivity index (χ2n) is 5.12. The molecular formula is C18H21FN2O. The molecule has 0 aliphatic rings. The summed E-state index contributed by atoms with van der Waals surface area (Å²) in [4.78, 5) is 11.7. The highest BCUT2D eigenvalue weighted by atomic mass is 19.1. The van der Waals surface area contributed by atoms with Gasteiger partial charge < -0.3 is 10.6 Å². The Balaban J connectivity index is 1.55. The average Bonchev–Trinajstić information content (AvgIpc) is 2.54. The van der Waals surface area contributed by atoms with Gasteiger partial charge in [-0.25, -0.2) is 4.39 Å². The molecule has 0 fully saturated rings. The van der Waals surface area contributed by atoms with E-state index in [4.69, 9.17) is 0 Å². The topological polar surface area (TPSA) is 41.1 Å². The van der Waals surface area contributed by atoms with E-state index in [2.05, 4.69) is 22.8 Å². The molecule has 2 aromatic rings. The predicted molar refractivity (Wildman–Crippen MR) is 87.3 cm³/mol. The summed E-state index contributed by atoms with van der Waals surface area (Å²) in [6.45, 7) is 1.22. The Hall–Kier alpha value is -2.36. The Labute approximate surface area is 130 Å². The third-order valence-corrected chi connectivity index (χ3v) is 3.33. The minimum Gasteiger partial charge on any atom is -0.385 e. The number of aryl methyl sites for hydroxylation is 1. The van der Waals surface area contributed by atoms with Gasteiger partial charge in [0.25, 0.3) is 0 Å². The summed E-state index contributed by atoms with van der Waals surface area (Å²) in [6.07, 6.45) is 2.30. The van der Waals surface area contributed by atoms with E-state index in [1.54, 1.807) is 12.1 Å². The third kappa shape index (κ3) is 5.95. The van der Waals surface area contributed by atoms with Gasteiger partial charge in [-0.15, -0.1) is 0 Å². The molecule has 3 nitrogen and oxygen atoms in total. The Morgan fingerprint density at radius 1 is 0.955 bits per heavy atom. The number of benzene rings is 2. The number of nitrogens with one attached hydrogen (secondary N) is 2. The molecule has 2 N–H and O–H groups in total. The van der Waals surface area contributed by atoms with Crippen LogP contribution in [0, 0.1) is 5.82 Å². The number of rotatable bonds is 8. The zero-order valence-corrected chi connectivity index (χ0v) is 12.5. The lowest BCUT2D eigenvalue weighted by Gasteiger charge is -2.07. The van der Waals surface area contributed by atoms with Gasteiger partial charge in [0.2, 0.25) is 5.91 Å². The van der Waals surface area contributed by atoms with Gasteiger partial charge in [0.05, 0.1) is 0 Å². The fourth-order valence-corrected chi connectivity index (χ4v) is 2.14. The molecule has 2 aromatic carbocycles. The highest BCUT2D eigenvalue weighted by Gasteiger charge is 2.01. The second kappa shape index (κ2) is 8.82. The molecule has 0 aliphatic carbocycles. The Morgan fingerprint density at radius 3 is 2.41 bits per heavy atom. The van der Waals surface area contributed by atoms with Crippen molar-refractivity contribution < 1.29 is 9.18 Å². The van der Waals surface area contributed by atoms with Gasteiger partial charge in [0, 0.05) is 25.2 Å². The van der Waals surface area contributed by atoms with Crippen LogP contribution >= 0.6 is 0 Å². The van der Waals surface area contributed by atoms with Crippen LogP contribution in [0.1, 0.15) is 18.4 Å². The summed E-state index contributed by atoms with van der Waals surface area (Å²) in [7, 11) is 0. The Bertz CT molecular complexity index is 569. The molecule has 1 amide bonds. The van der Waals surface area contributed by atoms with E-state index in [1.165, 1.54) is 17.7 Å². The summed E-state index contributed by atoms with van der Waals surface area (Å²) in [5.74, 6) is -0.232. The van der Waals surface area contributed by atoms with Crippen molar-refractivity contribution >= 4 is 11.6 Å². The SMILES string of the molecule is O=C(CCNc1ccc(F)cc1)NCCCc1ccccc1. The molecule has 0 saturated heterocycles. The van der Waals surface area contributed by atoms with Crippen LogP contribution in [-0.4, -0.2) is 19.0 Å². The number of halogens is 1. The maximum Gasteiger partial charge on any atom is 0.221 e. The van der Waals surface area contributed by atoms with Crippen LogP contribution in [0.5, 0.6) is 0 Å². The molecule has 0 heterocycles. The molecule has 0 atom stereocenters. The minimum absolute atomic E-state index is 0.0303. The summed E-state index contributed by atoms with van der Waals surface area (Å²) in [6, 6.07) is 16.3. The lowest BCUT2D eigenvalue weighted by molar-refractivity contribution is -0.120. The van der Waals surface area contributed by atoms with Crippen molar-refractivity contribution in [1.29, 1.82) is 0 Å². The largest absolute Gasteiger partial charge is 0.385 e. The van der Waals surface area contributed by atoms with Crippen molar-refractivity contribution in [3.05, 3.63) is 66.0 Å². The summed E-state index contributed by atoms with van der Waals surface area (Å²) in [5, 5.41) is 6.00. The molecule has 116 valence electrons. The zero-order chi connectivity index (χ0) is 15.6. The third-order valence-electron chi connectivity index (χ3n) is 3.33. The number of anilines is 1. The van der Waals surface area contributed by atoms with E-state index in [1.807, 2.05) is 18.2 Å². The summed E-state index contributed by atoms with van der Waals surface area (Å²) in [5.41, 5.74) is 2.10. The maximum atomic E-state index is 12.7. The second-order valence-corrected chi connectivity index (χ2v) is 5.12. The molecule has 2 rings (SSSR count). The Morgan fingerprint density at radius 2 is 1.68 bits per heavy atom. The lowest BCUT2D eigenvalue weighted by atomic mass is 10.1. The highest BCUT2D eigenvalue weighted by Crippen LogP contribution is 2.07. The molecule has 0 aliphatic heterocycles. The molecule has 4 heteroatoms. The van der Waals surface area contributed by atoms with Gasteiger partial charge in [0.1, 0.15) is 5.82 Å². The van der Waals surface area contributed by atoms with Gasteiger partial charge in [-0.3, -0.25) is 4.79 Å². The smallest absolute Gasteiger partial charge is 0.221 e. The molecule has 0 radical (unpaired) electrons. The Kier molecular flexibility index (Phi) is 6.42. The number of hydrogen-bond acceptors (Lipinski definition) is 2. The normalized spacial score (nSPS) is 10.2. The van der Waals surface area contributed by atoms with Crippen LogP contribution in [0.2, 0.25) is 0 Å². The van der Waals surface area contributed by atoms with Crippen molar-refractivity contribution in [2.45, 2.75) is 19.3 Å². The van der Waals surface area contributed by atoms with Gasteiger partial charge in [0.15, 0.2) is 0 Å². The van der Waals surface area contributed by atoms with Gasteiger partial charge >= 0.3 is 0 Å². The fraction of sp³-hybridized carbons (Fsp3) is 0.278. The van der Waals surface area contributed by atoms with Crippen molar-refractivity contribution in [3.8, 4) is 0 Å². The van der Waals surface area contributed by atoms with E-state index >= 15 is 0 Å². The van der Waals surface area contributed by atoms with Gasteiger partial charge in [-0.1, -0.05) is 30.3 Å². The molecule has 22 heavy (non-hydrogen) atoms. The van der Waals surface area contributed by atoms with Crippen molar-refractivity contribution in [2.24, 2.45) is 0 Å². The number of carbonyl (C=O) groups is 1. The summed E-state index contributed by atoms with van der Waals surface area (Å²) < 4.78 is 12.7. The first-order valence-corrected chi connectivity index (χ1v) is 7.54. The highest BCUT2D eigenvalue weighted by molar-refractivity contribution is 5.76. The monoisotopic (exact) mass is 300 g/mol. The number of amides is 1. The van der Waals surface area contributed by atoms with Crippen LogP contribution in [0.15, 0.2) is 54.6 Å². The first-order valence-electron chi connectivity index (χ1n) is 7.54. The van der Waals surface area contributed by atoms with Crippen molar-refractivity contribution in [1.82, 2.24) is 5.32 Å². The van der Waals surface area contributed by atoms with Gasteiger partial charge in [-0.2, -0.15) is 0 Å². The van der Waals surface area contributed by atoms with E-state index in [0.29, 0.717) is 19.5 Å². The average molecular weight is 300 g/mol. The van der Waals surface area contributed by atoms with Crippen LogP contribution in [0.25, 0.3) is 0 Å².